The van der Waals surface area contributed by atoms with Gasteiger partial charge in [-0.15, -0.1) is 0 Å². The Labute approximate surface area is 115 Å². The highest BCUT2D eigenvalue weighted by atomic mass is 19.1. The first-order valence-electron chi connectivity index (χ1n) is 6.27. The topological polar surface area (TPSA) is 48.0 Å². The molecule has 1 heterocycles. The van der Waals surface area contributed by atoms with Gasteiger partial charge in [0.05, 0.1) is 5.52 Å². The van der Waals surface area contributed by atoms with E-state index in [9.17, 15) is 9.18 Å². The highest BCUT2D eigenvalue weighted by Gasteiger charge is 2.05. The number of anilines is 1. The third-order valence-corrected chi connectivity index (χ3v) is 3.33. The van der Waals surface area contributed by atoms with Gasteiger partial charge in [-0.3, -0.25) is 4.79 Å². The molecule has 0 unspecified atom stereocenters. The number of benzene rings is 2. The molecular formula is C16H13FN2O. The van der Waals surface area contributed by atoms with Gasteiger partial charge in [-0.05, 0) is 29.8 Å². The Kier molecular flexibility index (Phi) is 2.99. The van der Waals surface area contributed by atoms with Crippen molar-refractivity contribution >= 4 is 16.6 Å². The monoisotopic (exact) mass is 268 g/mol. The molecule has 100 valence electrons. The molecule has 0 bridgehead atoms. The maximum atomic E-state index is 13.1. The molecule has 0 aliphatic heterocycles. The Morgan fingerprint density at radius 3 is 2.70 bits per heavy atom. The first-order valence-corrected chi connectivity index (χ1v) is 6.27. The van der Waals surface area contributed by atoms with Crippen molar-refractivity contribution in [3.05, 3.63) is 76.3 Å². The molecule has 0 spiro atoms. The lowest BCUT2D eigenvalue weighted by molar-refractivity contribution is 0.627. The largest absolute Gasteiger partial charge is 0.398 e. The quantitative estimate of drug-likeness (QED) is 0.726. The normalized spacial score (nSPS) is 10.8. The first-order chi connectivity index (χ1) is 9.65. The predicted molar refractivity (Wildman–Crippen MR) is 78.1 cm³/mol. The number of aromatic nitrogens is 1. The molecule has 0 radical (unpaired) electrons. The standard InChI is InChI=1S/C16H13FN2O/c17-12-6-5-11(14(18)9-12)10-19-8-7-16(20)13-3-1-2-4-15(13)19/h1-9H,10,18H2. The molecule has 0 amide bonds. The molecule has 0 saturated heterocycles. The Balaban J connectivity index is 2.11. The minimum Gasteiger partial charge on any atom is -0.398 e. The smallest absolute Gasteiger partial charge is 0.189 e. The van der Waals surface area contributed by atoms with Crippen molar-refractivity contribution in [2.24, 2.45) is 0 Å². The fraction of sp³-hybridized carbons (Fsp3) is 0.0625. The molecule has 0 saturated carbocycles. The van der Waals surface area contributed by atoms with Gasteiger partial charge in [0.2, 0.25) is 0 Å². The van der Waals surface area contributed by atoms with Gasteiger partial charge >= 0.3 is 0 Å². The average Bonchev–Trinajstić information content (AvgIpc) is 2.45. The fourth-order valence-electron chi connectivity index (χ4n) is 2.29. The lowest BCUT2D eigenvalue weighted by atomic mass is 10.1. The summed E-state index contributed by atoms with van der Waals surface area (Å²) >= 11 is 0. The predicted octanol–water partition coefficient (Wildman–Crippen LogP) is 2.77. The molecule has 2 N–H and O–H groups in total. The van der Waals surface area contributed by atoms with Crippen LogP contribution in [-0.4, -0.2) is 4.57 Å². The van der Waals surface area contributed by atoms with Crippen LogP contribution in [0, 0.1) is 5.82 Å². The van der Waals surface area contributed by atoms with Crippen molar-refractivity contribution in [3.8, 4) is 0 Å². The summed E-state index contributed by atoms with van der Waals surface area (Å²) in [6.45, 7) is 0.493. The molecular weight excluding hydrogens is 255 g/mol. The zero-order chi connectivity index (χ0) is 14.1. The van der Waals surface area contributed by atoms with E-state index in [0.717, 1.165) is 11.1 Å². The second-order valence-electron chi connectivity index (χ2n) is 4.67. The summed E-state index contributed by atoms with van der Waals surface area (Å²) in [6.07, 6.45) is 1.73. The molecule has 3 rings (SSSR count). The number of hydrogen-bond acceptors (Lipinski definition) is 2. The molecule has 1 aromatic heterocycles. The number of rotatable bonds is 2. The highest BCUT2D eigenvalue weighted by molar-refractivity contribution is 5.78. The van der Waals surface area contributed by atoms with E-state index in [1.54, 1.807) is 18.3 Å². The third-order valence-electron chi connectivity index (χ3n) is 3.33. The van der Waals surface area contributed by atoms with Gasteiger partial charge in [-0.2, -0.15) is 0 Å². The van der Waals surface area contributed by atoms with E-state index in [1.807, 2.05) is 22.8 Å². The summed E-state index contributed by atoms with van der Waals surface area (Å²) < 4.78 is 15.0. The van der Waals surface area contributed by atoms with Crippen LogP contribution in [0.1, 0.15) is 5.56 Å². The van der Waals surface area contributed by atoms with E-state index < -0.39 is 0 Å². The van der Waals surface area contributed by atoms with Crippen molar-refractivity contribution < 1.29 is 4.39 Å². The molecule has 0 fully saturated rings. The van der Waals surface area contributed by atoms with Crippen LogP contribution in [0.3, 0.4) is 0 Å². The molecule has 0 aliphatic carbocycles. The summed E-state index contributed by atoms with van der Waals surface area (Å²) in [5.74, 6) is -0.351. The maximum Gasteiger partial charge on any atom is 0.189 e. The number of nitrogens with zero attached hydrogens (tertiary/aromatic N) is 1. The minimum absolute atomic E-state index is 0.0103. The van der Waals surface area contributed by atoms with Crippen molar-refractivity contribution in [2.75, 3.05) is 5.73 Å². The SMILES string of the molecule is Nc1cc(F)ccc1Cn1ccc(=O)c2ccccc21. The van der Waals surface area contributed by atoms with Gasteiger partial charge < -0.3 is 10.3 Å². The molecule has 0 atom stereocenters. The number of fused-ring (bicyclic) bond motifs is 1. The van der Waals surface area contributed by atoms with E-state index in [-0.39, 0.29) is 11.2 Å². The van der Waals surface area contributed by atoms with Crippen LogP contribution in [0.5, 0.6) is 0 Å². The molecule has 2 aromatic carbocycles. The fourth-order valence-corrected chi connectivity index (χ4v) is 2.29. The average molecular weight is 268 g/mol. The van der Waals surface area contributed by atoms with Gasteiger partial charge in [0.25, 0.3) is 0 Å². The summed E-state index contributed by atoms with van der Waals surface area (Å²) in [5, 5.41) is 0.663. The van der Waals surface area contributed by atoms with Crippen LogP contribution in [0.25, 0.3) is 10.9 Å². The number of halogens is 1. The molecule has 3 aromatic rings. The second-order valence-corrected chi connectivity index (χ2v) is 4.67. The second kappa shape index (κ2) is 4.81. The van der Waals surface area contributed by atoms with E-state index in [2.05, 4.69) is 0 Å². The number of pyridine rings is 1. The zero-order valence-electron chi connectivity index (χ0n) is 10.7. The number of nitrogen functional groups attached to an aromatic ring is 1. The number of para-hydroxylation sites is 1. The van der Waals surface area contributed by atoms with Gasteiger partial charge in [0.1, 0.15) is 5.82 Å². The van der Waals surface area contributed by atoms with Crippen molar-refractivity contribution in [1.29, 1.82) is 0 Å². The van der Waals surface area contributed by atoms with Gasteiger partial charge in [0.15, 0.2) is 5.43 Å². The van der Waals surface area contributed by atoms with Gasteiger partial charge in [-0.25, -0.2) is 4.39 Å². The van der Waals surface area contributed by atoms with Gasteiger partial charge in [-0.1, -0.05) is 18.2 Å². The number of hydrogen-bond donors (Lipinski definition) is 1. The summed E-state index contributed by atoms with van der Waals surface area (Å²) in [7, 11) is 0. The summed E-state index contributed by atoms with van der Waals surface area (Å²) in [5.41, 5.74) is 7.88. The van der Waals surface area contributed by atoms with E-state index in [4.69, 9.17) is 5.73 Å². The van der Waals surface area contributed by atoms with Crippen molar-refractivity contribution in [2.45, 2.75) is 6.54 Å². The van der Waals surface area contributed by atoms with Crippen molar-refractivity contribution in [1.82, 2.24) is 4.57 Å². The molecule has 4 heteroatoms. The Bertz CT molecular complexity index is 839. The van der Waals surface area contributed by atoms with Crippen molar-refractivity contribution in [3.63, 3.8) is 0 Å². The molecule has 0 aliphatic rings. The lowest BCUT2D eigenvalue weighted by Crippen LogP contribution is -2.09. The lowest BCUT2D eigenvalue weighted by Gasteiger charge is -2.12. The van der Waals surface area contributed by atoms with Crippen LogP contribution in [0.15, 0.2) is 59.5 Å². The van der Waals surface area contributed by atoms with Crippen LogP contribution in [-0.2, 0) is 6.54 Å². The van der Waals surface area contributed by atoms with E-state index in [1.165, 1.54) is 18.2 Å². The van der Waals surface area contributed by atoms with Crippen LogP contribution in [0.2, 0.25) is 0 Å². The third kappa shape index (κ3) is 2.16. The first kappa shape index (κ1) is 12.4. The Morgan fingerprint density at radius 2 is 1.90 bits per heavy atom. The highest BCUT2D eigenvalue weighted by Crippen LogP contribution is 2.17. The van der Waals surface area contributed by atoms with Crippen LogP contribution in [0.4, 0.5) is 10.1 Å². The Hall–Kier alpha value is -2.62. The van der Waals surface area contributed by atoms with E-state index in [0.29, 0.717) is 17.6 Å². The number of nitrogens with two attached hydrogens (primary N) is 1. The zero-order valence-corrected chi connectivity index (χ0v) is 10.7. The summed E-state index contributed by atoms with van der Waals surface area (Å²) in [6, 6.07) is 13.3. The van der Waals surface area contributed by atoms with Crippen LogP contribution < -0.4 is 11.2 Å². The Morgan fingerprint density at radius 1 is 1.10 bits per heavy atom. The molecule has 20 heavy (non-hydrogen) atoms. The van der Waals surface area contributed by atoms with E-state index >= 15 is 0 Å². The summed E-state index contributed by atoms with van der Waals surface area (Å²) in [4.78, 5) is 11.8. The molecule has 3 nitrogen and oxygen atoms in total. The van der Waals surface area contributed by atoms with Crippen LogP contribution >= 0.6 is 0 Å². The minimum atomic E-state index is -0.351. The maximum absolute atomic E-state index is 13.1. The van der Waals surface area contributed by atoms with Gasteiger partial charge in [0, 0.05) is 29.9 Å².